The van der Waals surface area contributed by atoms with Crippen molar-refractivity contribution in [3.63, 3.8) is 0 Å². The van der Waals surface area contributed by atoms with E-state index in [1.54, 1.807) is 25.3 Å². The smallest absolute Gasteiger partial charge is 0.323 e. The maximum atomic E-state index is 13.2. The Labute approximate surface area is 229 Å². The van der Waals surface area contributed by atoms with Crippen LogP contribution in [0.5, 0.6) is 0 Å². The normalized spacial score (nSPS) is 26.3. The fourth-order valence-corrected chi connectivity index (χ4v) is 6.21. The monoisotopic (exact) mass is 580 g/mol. The molecular formula is C24H30ClN6O7P. The van der Waals surface area contributed by atoms with Crippen LogP contribution in [0, 0.1) is 0 Å². The fourth-order valence-electron chi connectivity index (χ4n) is 4.64. The van der Waals surface area contributed by atoms with Crippen molar-refractivity contribution in [2.24, 2.45) is 0 Å². The first kappa shape index (κ1) is 27.9. The minimum Gasteiger partial charge on any atom is -0.460 e. The third-order valence-electron chi connectivity index (χ3n) is 6.33. The number of halogens is 1. The van der Waals surface area contributed by atoms with Gasteiger partial charge in [0.2, 0.25) is 5.28 Å². The third kappa shape index (κ3) is 5.94. The first-order valence-electron chi connectivity index (χ1n) is 12.3. The molecule has 1 aromatic carbocycles. The number of fused-ring (bicyclic) bond motifs is 2. The number of anilines is 1. The van der Waals surface area contributed by atoms with Gasteiger partial charge in [-0.1, -0.05) is 30.3 Å². The molecule has 2 aliphatic heterocycles. The molecule has 0 saturated carbocycles. The van der Waals surface area contributed by atoms with Crippen molar-refractivity contribution in [3.05, 3.63) is 47.5 Å². The van der Waals surface area contributed by atoms with Crippen LogP contribution in [0.4, 0.5) is 5.82 Å². The number of nitrogen functional groups attached to an aromatic ring is 1. The number of rotatable bonds is 9. The van der Waals surface area contributed by atoms with Gasteiger partial charge in [-0.25, -0.2) is 20.0 Å². The predicted molar refractivity (Wildman–Crippen MR) is 141 cm³/mol. The zero-order valence-corrected chi connectivity index (χ0v) is 23.5. The lowest BCUT2D eigenvalue weighted by Crippen LogP contribution is -2.36. The molecule has 2 saturated heterocycles. The van der Waals surface area contributed by atoms with Crippen LogP contribution >= 0.6 is 19.1 Å². The van der Waals surface area contributed by atoms with E-state index in [-0.39, 0.29) is 24.3 Å². The highest BCUT2D eigenvalue weighted by Gasteiger charge is 2.57. The molecule has 3 N–H and O–H groups in total. The van der Waals surface area contributed by atoms with Crippen molar-refractivity contribution in [1.82, 2.24) is 24.6 Å². The zero-order chi connectivity index (χ0) is 27.9. The molecule has 0 amide bonds. The first-order valence-corrected chi connectivity index (χ1v) is 14.7. The Kier molecular flexibility index (Phi) is 7.68. The van der Waals surface area contributed by atoms with Gasteiger partial charge in [-0.05, 0) is 37.9 Å². The summed E-state index contributed by atoms with van der Waals surface area (Å²) in [5.74, 6) is -1.30. The summed E-state index contributed by atoms with van der Waals surface area (Å²) in [6.07, 6.45) is -1.35. The van der Waals surface area contributed by atoms with Crippen LogP contribution in [0.1, 0.15) is 32.6 Å². The van der Waals surface area contributed by atoms with E-state index in [1.807, 2.05) is 30.3 Å². The summed E-state index contributed by atoms with van der Waals surface area (Å²) >= 11 is 6.45. The van der Waals surface area contributed by atoms with Crippen LogP contribution in [0.25, 0.3) is 11.2 Å². The van der Waals surface area contributed by atoms with E-state index < -0.39 is 49.9 Å². The van der Waals surface area contributed by atoms with Crippen molar-refractivity contribution >= 4 is 42.1 Å². The molecule has 39 heavy (non-hydrogen) atoms. The van der Waals surface area contributed by atoms with E-state index in [0.717, 1.165) is 5.56 Å². The molecule has 4 heterocycles. The van der Waals surface area contributed by atoms with Crippen LogP contribution in [0.15, 0.2) is 36.7 Å². The van der Waals surface area contributed by atoms with Crippen LogP contribution in [-0.2, 0) is 39.4 Å². The quantitative estimate of drug-likeness (QED) is 0.216. The molecule has 5 rings (SSSR count). The van der Waals surface area contributed by atoms with Crippen LogP contribution < -0.4 is 10.8 Å². The summed E-state index contributed by atoms with van der Waals surface area (Å²) in [6.45, 7) is 6.49. The maximum absolute atomic E-state index is 13.2. The second-order valence-electron chi connectivity index (χ2n) is 9.90. The van der Waals surface area contributed by atoms with Gasteiger partial charge in [0.05, 0.1) is 6.61 Å². The highest BCUT2D eigenvalue weighted by molar-refractivity contribution is 7.56. The second-order valence-corrected chi connectivity index (χ2v) is 12.4. The van der Waals surface area contributed by atoms with Crippen molar-refractivity contribution in [3.8, 4) is 0 Å². The van der Waals surface area contributed by atoms with E-state index in [2.05, 4.69) is 20.0 Å². The van der Waals surface area contributed by atoms with Gasteiger partial charge in [0.1, 0.15) is 37.3 Å². The predicted octanol–water partition coefficient (Wildman–Crippen LogP) is 3.04. The molecule has 0 aliphatic carbocycles. The number of aromatic nitrogens is 4. The van der Waals surface area contributed by atoms with Crippen LogP contribution in [-0.4, -0.2) is 68.9 Å². The molecule has 0 bridgehead atoms. The summed E-state index contributed by atoms with van der Waals surface area (Å²) in [5, 5.41) is 2.82. The minimum absolute atomic E-state index is 0.0847. The standard InChI is InChI=1S/C24H30ClN6O7P/c1-13(22(32)34-10-14-8-6-5-7-9-14)30-39(4,33)35-11-15-17-18(38-24(2,3)37-17)21(36-15)31-20-16(29-23(31)25)19(26)27-12-28-20/h5-9,12-13,15,17-18,21H,10-11H2,1-4H3,(H,30,33)(H2,26,27,28)/t13-,15+,17+,18+,21+,39+/m0/s1. The lowest BCUT2D eigenvalue weighted by atomic mass is 10.1. The molecule has 3 aromatic rings. The molecule has 6 atom stereocenters. The number of carbonyl (C=O) groups is 1. The number of carbonyl (C=O) groups excluding carboxylic acids is 1. The van der Waals surface area contributed by atoms with E-state index >= 15 is 0 Å². The summed E-state index contributed by atoms with van der Waals surface area (Å²) in [5.41, 5.74) is 7.49. The Hall–Kier alpha value is -2.64. The van der Waals surface area contributed by atoms with Gasteiger partial charge in [0, 0.05) is 6.66 Å². The SMILES string of the molecule is C[C@H](N[P@](C)(=O)OC[C@H]1O[C@@H](n2c(Cl)nc3c(N)ncnc32)[C@@H]2OC(C)(C)O[C@@H]21)C(=O)OCc1ccccc1. The molecule has 2 aliphatic rings. The topological polar surface area (TPSA) is 162 Å². The number of imidazole rings is 1. The minimum atomic E-state index is -3.46. The van der Waals surface area contributed by atoms with E-state index in [9.17, 15) is 9.36 Å². The van der Waals surface area contributed by atoms with Gasteiger partial charge in [0.15, 0.2) is 29.0 Å². The molecule has 15 heteroatoms. The maximum Gasteiger partial charge on any atom is 0.323 e. The summed E-state index contributed by atoms with van der Waals surface area (Å²) < 4.78 is 44.3. The Morgan fingerprint density at radius 2 is 1.97 bits per heavy atom. The average molecular weight is 581 g/mol. The lowest BCUT2D eigenvalue weighted by molar-refractivity contribution is -0.198. The van der Waals surface area contributed by atoms with Gasteiger partial charge in [-0.15, -0.1) is 0 Å². The highest BCUT2D eigenvalue weighted by Crippen LogP contribution is 2.47. The zero-order valence-electron chi connectivity index (χ0n) is 21.8. The van der Waals surface area contributed by atoms with Crippen molar-refractivity contribution in [1.29, 1.82) is 0 Å². The second kappa shape index (κ2) is 10.7. The molecular weight excluding hydrogens is 551 g/mol. The van der Waals surface area contributed by atoms with Crippen molar-refractivity contribution < 1.29 is 32.8 Å². The molecule has 2 fully saturated rings. The molecule has 0 spiro atoms. The number of nitrogens with zero attached hydrogens (tertiary/aromatic N) is 4. The number of hydrogen-bond donors (Lipinski definition) is 2. The lowest BCUT2D eigenvalue weighted by Gasteiger charge is -2.26. The number of esters is 1. The molecule has 0 radical (unpaired) electrons. The highest BCUT2D eigenvalue weighted by atomic mass is 35.5. The third-order valence-corrected chi connectivity index (χ3v) is 8.10. The van der Waals surface area contributed by atoms with E-state index in [1.165, 1.54) is 13.0 Å². The van der Waals surface area contributed by atoms with Gasteiger partial charge < -0.3 is 29.2 Å². The Morgan fingerprint density at radius 3 is 2.72 bits per heavy atom. The number of hydrogen-bond acceptors (Lipinski definition) is 11. The summed E-state index contributed by atoms with van der Waals surface area (Å²) in [4.78, 5) is 25.0. The van der Waals surface area contributed by atoms with Crippen LogP contribution in [0.2, 0.25) is 5.28 Å². The van der Waals surface area contributed by atoms with Gasteiger partial charge in [-0.3, -0.25) is 13.9 Å². The number of nitrogens with one attached hydrogen (secondary N) is 1. The van der Waals surface area contributed by atoms with E-state index in [4.69, 9.17) is 40.8 Å². The Morgan fingerprint density at radius 1 is 1.26 bits per heavy atom. The summed E-state index contributed by atoms with van der Waals surface area (Å²) in [6, 6.07) is 8.40. The number of benzene rings is 1. The Balaban J connectivity index is 1.26. The van der Waals surface area contributed by atoms with Gasteiger partial charge >= 0.3 is 5.97 Å². The fraction of sp³-hybridized carbons (Fsp3) is 0.500. The Bertz CT molecular complexity index is 1410. The number of ether oxygens (including phenoxy) is 4. The van der Waals surface area contributed by atoms with E-state index in [0.29, 0.717) is 11.2 Å². The largest absolute Gasteiger partial charge is 0.460 e. The van der Waals surface area contributed by atoms with Crippen molar-refractivity contribution in [2.75, 3.05) is 19.0 Å². The molecule has 210 valence electrons. The molecule has 0 unspecified atom stereocenters. The first-order chi connectivity index (χ1) is 18.4. The van der Waals surface area contributed by atoms with Gasteiger partial charge in [-0.2, -0.15) is 0 Å². The number of nitrogens with two attached hydrogens (primary N) is 1. The van der Waals surface area contributed by atoms with Crippen molar-refractivity contribution in [2.45, 2.75) is 63.7 Å². The average Bonchev–Trinajstić information content (AvgIpc) is 3.49. The molecule has 2 aromatic heterocycles. The molecule has 13 nitrogen and oxygen atoms in total. The summed E-state index contributed by atoms with van der Waals surface area (Å²) in [7, 11) is -3.46. The van der Waals surface area contributed by atoms with Crippen LogP contribution in [0.3, 0.4) is 0 Å². The van der Waals surface area contributed by atoms with Gasteiger partial charge in [0.25, 0.3) is 7.52 Å².